The Bertz CT molecular complexity index is 1380. The van der Waals surface area contributed by atoms with Crippen LogP contribution in [-0.4, -0.2) is 47.4 Å². The van der Waals surface area contributed by atoms with Crippen molar-refractivity contribution in [1.82, 2.24) is 5.32 Å². The van der Waals surface area contributed by atoms with Crippen LogP contribution >= 0.6 is 0 Å². The summed E-state index contributed by atoms with van der Waals surface area (Å²) >= 11 is 0. The van der Waals surface area contributed by atoms with Gasteiger partial charge in [0.1, 0.15) is 0 Å². The number of allylic oxidation sites excluding steroid dienone is 3. The Balaban J connectivity index is 3.34. The Hall–Kier alpha value is -1.66. The maximum Gasteiger partial charge on any atom is 0.305 e. The first-order valence-corrected chi connectivity index (χ1v) is 40.6. The molecule has 3 N–H and O–H groups in total. The highest BCUT2D eigenvalue weighted by Crippen LogP contribution is 2.20. The van der Waals surface area contributed by atoms with Gasteiger partial charge in [-0.15, -0.1) is 0 Å². The average Bonchev–Trinajstić information content (AvgIpc) is 3.58. The monoisotopic (exact) mass is 1240 g/mol. The highest BCUT2D eigenvalue weighted by molar-refractivity contribution is 5.76. The molecule has 0 saturated heterocycles. The first kappa shape index (κ1) is 86.3. The summed E-state index contributed by atoms with van der Waals surface area (Å²) in [6, 6.07) is -0.626. The van der Waals surface area contributed by atoms with Gasteiger partial charge < -0.3 is 20.3 Å². The molecule has 0 radical (unpaired) electrons. The third-order valence-electron chi connectivity index (χ3n) is 19.2. The van der Waals surface area contributed by atoms with Gasteiger partial charge in [0.2, 0.25) is 5.91 Å². The molecule has 522 valence electrons. The molecule has 88 heavy (non-hydrogen) atoms. The summed E-state index contributed by atoms with van der Waals surface area (Å²) in [5, 5.41) is 23.3. The summed E-state index contributed by atoms with van der Waals surface area (Å²) in [7, 11) is 0. The van der Waals surface area contributed by atoms with Crippen LogP contribution in [0.4, 0.5) is 0 Å². The van der Waals surface area contributed by atoms with Gasteiger partial charge in [-0.3, -0.25) is 9.59 Å². The molecule has 2 atom stereocenters. The van der Waals surface area contributed by atoms with E-state index in [-0.39, 0.29) is 18.5 Å². The van der Waals surface area contributed by atoms with Crippen molar-refractivity contribution in [1.29, 1.82) is 0 Å². The minimum Gasteiger partial charge on any atom is -0.466 e. The zero-order valence-corrected chi connectivity index (χ0v) is 60.0. The van der Waals surface area contributed by atoms with Crippen molar-refractivity contribution in [2.45, 2.75) is 475 Å². The van der Waals surface area contributed by atoms with E-state index in [4.69, 9.17) is 4.74 Å². The highest BCUT2D eigenvalue weighted by Gasteiger charge is 2.18. The molecule has 0 aliphatic carbocycles. The fourth-order valence-electron chi connectivity index (χ4n) is 13.0. The third-order valence-corrected chi connectivity index (χ3v) is 19.2. The van der Waals surface area contributed by atoms with Crippen LogP contribution in [0.3, 0.4) is 0 Å². The SMILES string of the molecule is CCCCCCCCCCCCCCCCCCC/C=C/C(O)C(CO)NC(=O)CCCCCCCCCCCCCCCCCCC/C=C\CCCCCCCCCCCCCCCCOC(=O)CCCCCCCCCCCCCCCCCCC. The van der Waals surface area contributed by atoms with Crippen molar-refractivity contribution in [3.05, 3.63) is 24.3 Å². The van der Waals surface area contributed by atoms with Gasteiger partial charge in [-0.2, -0.15) is 0 Å². The van der Waals surface area contributed by atoms with Crippen LogP contribution in [0.1, 0.15) is 463 Å². The number of rotatable bonds is 77. The number of hydrogen-bond acceptors (Lipinski definition) is 5. The van der Waals surface area contributed by atoms with E-state index < -0.39 is 12.1 Å². The number of unbranched alkanes of at least 4 members (excludes halogenated alkanes) is 64. The number of esters is 1. The Morgan fingerprint density at radius 2 is 0.534 bits per heavy atom. The standard InChI is InChI=1S/C82H159NO5/c1-3-5-7-9-11-13-15-17-19-21-39-43-46-50-54-58-62-66-70-74-80(85)79(78-84)83-81(86)75-71-67-63-59-55-51-47-44-40-37-35-33-31-29-27-25-23-22-24-26-28-30-32-34-36-38-41-45-49-53-57-61-65-69-73-77-88-82(87)76-72-68-64-60-56-52-48-42-20-18-16-14-12-10-8-6-4-2/h24,26,70,74,79-80,84-85H,3-23,25,27-69,71-73,75-78H2,1-2H3,(H,83,86)/b26-24-,74-70+. The molecule has 0 rings (SSSR count). The molecular formula is C82H159NO5. The van der Waals surface area contributed by atoms with Crippen molar-refractivity contribution >= 4 is 11.9 Å². The molecule has 0 aromatic carbocycles. The summed E-state index contributed by atoms with van der Waals surface area (Å²) < 4.78 is 5.52. The third kappa shape index (κ3) is 73.4. The molecule has 0 spiro atoms. The molecule has 0 aliphatic rings. The van der Waals surface area contributed by atoms with Gasteiger partial charge in [0, 0.05) is 12.8 Å². The van der Waals surface area contributed by atoms with E-state index >= 15 is 0 Å². The molecule has 6 heteroatoms. The van der Waals surface area contributed by atoms with E-state index in [1.165, 1.54) is 398 Å². The van der Waals surface area contributed by atoms with Crippen molar-refractivity contribution in [3.8, 4) is 0 Å². The van der Waals surface area contributed by atoms with Crippen molar-refractivity contribution < 1.29 is 24.5 Å². The minimum absolute atomic E-state index is 0.0250. The Morgan fingerprint density at radius 3 is 0.807 bits per heavy atom. The molecule has 6 nitrogen and oxygen atoms in total. The molecule has 1 amide bonds. The van der Waals surface area contributed by atoms with Gasteiger partial charge in [-0.25, -0.2) is 0 Å². The number of aliphatic hydroxyl groups excluding tert-OH is 2. The Kier molecular flexibility index (Phi) is 76.3. The number of aliphatic hydroxyl groups is 2. The van der Waals surface area contributed by atoms with Gasteiger partial charge in [0.05, 0.1) is 25.4 Å². The summed E-state index contributed by atoms with van der Waals surface area (Å²) in [5.41, 5.74) is 0. The largest absolute Gasteiger partial charge is 0.466 e. The quantitative estimate of drug-likeness (QED) is 0.0320. The predicted molar refractivity (Wildman–Crippen MR) is 389 cm³/mol. The second kappa shape index (κ2) is 77.8. The van der Waals surface area contributed by atoms with E-state index in [0.29, 0.717) is 19.4 Å². The molecular weight excluding hydrogens is 1080 g/mol. The number of nitrogens with one attached hydrogen (secondary N) is 1. The Labute approximate surface area is 551 Å². The molecule has 0 heterocycles. The van der Waals surface area contributed by atoms with Gasteiger partial charge in [0.25, 0.3) is 0 Å². The van der Waals surface area contributed by atoms with Crippen molar-refractivity contribution in [2.24, 2.45) is 0 Å². The molecule has 2 unspecified atom stereocenters. The van der Waals surface area contributed by atoms with Crippen LogP contribution in [0.2, 0.25) is 0 Å². The van der Waals surface area contributed by atoms with Gasteiger partial charge in [0.15, 0.2) is 0 Å². The van der Waals surface area contributed by atoms with Crippen molar-refractivity contribution in [3.63, 3.8) is 0 Å². The smallest absolute Gasteiger partial charge is 0.305 e. The van der Waals surface area contributed by atoms with Crippen LogP contribution in [-0.2, 0) is 14.3 Å². The highest BCUT2D eigenvalue weighted by atomic mass is 16.5. The molecule has 0 saturated carbocycles. The molecule has 0 bridgehead atoms. The van der Waals surface area contributed by atoms with Crippen LogP contribution < -0.4 is 5.32 Å². The fourth-order valence-corrected chi connectivity index (χ4v) is 13.0. The molecule has 0 aliphatic heterocycles. The van der Waals surface area contributed by atoms with E-state index in [1.807, 2.05) is 6.08 Å². The van der Waals surface area contributed by atoms with E-state index in [2.05, 4.69) is 31.3 Å². The van der Waals surface area contributed by atoms with Crippen LogP contribution in [0.15, 0.2) is 24.3 Å². The predicted octanol–water partition coefficient (Wildman–Crippen LogP) is 26.8. The molecule has 0 fully saturated rings. The Morgan fingerprint density at radius 1 is 0.307 bits per heavy atom. The minimum atomic E-state index is -0.842. The lowest BCUT2D eigenvalue weighted by atomic mass is 10.0. The average molecular weight is 1240 g/mol. The first-order valence-electron chi connectivity index (χ1n) is 40.6. The van der Waals surface area contributed by atoms with E-state index in [0.717, 1.165) is 38.5 Å². The fraction of sp³-hybridized carbons (Fsp3) is 0.927. The second-order valence-electron chi connectivity index (χ2n) is 28.1. The number of ether oxygens (including phenoxy) is 1. The number of amides is 1. The summed E-state index contributed by atoms with van der Waals surface area (Å²) in [6.07, 6.45) is 100. The zero-order chi connectivity index (χ0) is 63.5. The second-order valence-corrected chi connectivity index (χ2v) is 28.1. The summed E-state index contributed by atoms with van der Waals surface area (Å²) in [6.45, 7) is 4.96. The van der Waals surface area contributed by atoms with Gasteiger partial charge in [-0.05, 0) is 57.8 Å². The van der Waals surface area contributed by atoms with Crippen LogP contribution in [0.25, 0.3) is 0 Å². The summed E-state index contributed by atoms with van der Waals surface area (Å²) in [5.74, 6) is -0.0349. The van der Waals surface area contributed by atoms with Gasteiger partial charge in [-0.1, -0.05) is 417 Å². The lowest BCUT2D eigenvalue weighted by molar-refractivity contribution is -0.143. The maximum absolute atomic E-state index is 12.5. The number of carbonyl (C=O) groups excluding carboxylic acids is 2. The lowest BCUT2D eigenvalue weighted by Crippen LogP contribution is -2.45. The maximum atomic E-state index is 12.5. The van der Waals surface area contributed by atoms with E-state index in [1.54, 1.807) is 6.08 Å². The topological polar surface area (TPSA) is 95.9 Å². The summed E-state index contributed by atoms with van der Waals surface area (Å²) in [4.78, 5) is 24.6. The van der Waals surface area contributed by atoms with Crippen LogP contribution in [0.5, 0.6) is 0 Å². The zero-order valence-electron chi connectivity index (χ0n) is 60.0. The lowest BCUT2D eigenvalue weighted by Gasteiger charge is -2.20. The number of carbonyl (C=O) groups is 2. The normalized spacial score (nSPS) is 12.5. The molecule has 0 aromatic heterocycles. The molecule has 0 aromatic rings. The van der Waals surface area contributed by atoms with Gasteiger partial charge >= 0.3 is 5.97 Å². The van der Waals surface area contributed by atoms with E-state index in [9.17, 15) is 19.8 Å². The van der Waals surface area contributed by atoms with Crippen molar-refractivity contribution in [2.75, 3.05) is 13.2 Å². The number of hydrogen-bond donors (Lipinski definition) is 3. The van der Waals surface area contributed by atoms with Crippen LogP contribution in [0, 0.1) is 0 Å². The first-order chi connectivity index (χ1) is 43.5.